The highest BCUT2D eigenvalue weighted by molar-refractivity contribution is 5.81. The molecule has 5 nitrogen and oxygen atoms in total. The topological polar surface area (TPSA) is 70.8 Å². The minimum absolute atomic E-state index is 0.0706. The lowest BCUT2D eigenvalue weighted by Crippen LogP contribution is -2.47. The van der Waals surface area contributed by atoms with E-state index in [2.05, 4.69) is 0 Å². The number of nitrogens with two attached hydrogens (primary N) is 1. The van der Waals surface area contributed by atoms with Crippen molar-refractivity contribution in [3.8, 4) is 0 Å². The van der Waals surface area contributed by atoms with Gasteiger partial charge in [-0.25, -0.2) is 0 Å². The van der Waals surface area contributed by atoms with Gasteiger partial charge in [-0.15, -0.1) is 0 Å². The molecule has 1 fully saturated rings. The van der Waals surface area contributed by atoms with E-state index in [0.717, 1.165) is 12.8 Å². The number of carbonyl (C=O) groups excluding carboxylic acids is 1. The summed E-state index contributed by atoms with van der Waals surface area (Å²) in [6.07, 6.45) is 2.95. The van der Waals surface area contributed by atoms with Crippen molar-refractivity contribution in [2.75, 3.05) is 26.9 Å². The van der Waals surface area contributed by atoms with E-state index < -0.39 is 5.54 Å². The number of rotatable bonds is 7. The van der Waals surface area contributed by atoms with Gasteiger partial charge in [-0.1, -0.05) is 0 Å². The van der Waals surface area contributed by atoms with Crippen LogP contribution in [0.15, 0.2) is 0 Å². The highest BCUT2D eigenvalue weighted by Gasteiger charge is 2.43. The summed E-state index contributed by atoms with van der Waals surface area (Å²) in [7, 11) is 1.67. The Morgan fingerprint density at radius 3 is 2.88 bits per heavy atom. The van der Waals surface area contributed by atoms with Gasteiger partial charge in [0.25, 0.3) is 0 Å². The molecule has 0 radical (unpaired) electrons. The predicted molar refractivity (Wildman–Crippen MR) is 63.6 cm³/mol. The van der Waals surface area contributed by atoms with Crippen molar-refractivity contribution in [3.05, 3.63) is 0 Å². The molecule has 0 amide bonds. The highest BCUT2D eigenvalue weighted by Crippen LogP contribution is 2.31. The number of methoxy groups -OCH3 is 1. The van der Waals surface area contributed by atoms with E-state index in [0.29, 0.717) is 32.7 Å². The van der Waals surface area contributed by atoms with Crippen LogP contribution < -0.4 is 5.73 Å². The highest BCUT2D eigenvalue weighted by atomic mass is 16.5. The number of carbonyl (C=O) groups is 1. The predicted octanol–water partition coefficient (Wildman–Crippen LogP) is 0.853. The normalized spacial score (nSPS) is 28.3. The standard InChI is InChI=1S/C12H23NO4/c1-3-16-11(14)12(13)6-5-10(9-12)17-8-4-7-15-2/h10H,3-9,13H2,1-2H3. The fraction of sp³-hybridized carbons (Fsp3) is 0.917. The van der Waals surface area contributed by atoms with Gasteiger partial charge in [-0.2, -0.15) is 0 Å². The van der Waals surface area contributed by atoms with E-state index in [1.54, 1.807) is 14.0 Å². The van der Waals surface area contributed by atoms with Crippen molar-refractivity contribution < 1.29 is 19.0 Å². The number of esters is 1. The smallest absolute Gasteiger partial charge is 0.326 e. The first-order valence-corrected chi connectivity index (χ1v) is 6.19. The van der Waals surface area contributed by atoms with Gasteiger partial charge in [0.15, 0.2) is 0 Å². The molecule has 0 aromatic rings. The third kappa shape index (κ3) is 4.26. The Labute approximate surface area is 103 Å². The monoisotopic (exact) mass is 245 g/mol. The average molecular weight is 245 g/mol. The molecular formula is C12H23NO4. The van der Waals surface area contributed by atoms with E-state index in [1.807, 2.05) is 0 Å². The number of hydrogen-bond donors (Lipinski definition) is 1. The van der Waals surface area contributed by atoms with Crippen LogP contribution in [0.4, 0.5) is 0 Å². The maximum Gasteiger partial charge on any atom is 0.326 e. The first kappa shape index (κ1) is 14.4. The molecule has 100 valence electrons. The van der Waals surface area contributed by atoms with Gasteiger partial charge in [-0.3, -0.25) is 4.79 Å². The minimum atomic E-state index is -0.845. The van der Waals surface area contributed by atoms with Crippen LogP contribution in [-0.2, 0) is 19.0 Å². The molecule has 0 saturated heterocycles. The van der Waals surface area contributed by atoms with Crippen LogP contribution >= 0.6 is 0 Å². The molecule has 1 aliphatic rings. The zero-order valence-corrected chi connectivity index (χ0v) is 10.7. The molecule has 2 N–H and O–H groups in total. The van der Waals surface area contributed by atoms with Crippen molar-refractivity contribution >= 4 is 5.97 Å². The number of ether oxygens (including phenoxy) is 3. The second-order valence-electron chi connectivity index (χ2n) is 4.46. The van der Waals surface area contributed by atoms with Crippen LogP contribution in [0.25, 0.3) is 0 Å². The zero-order valence-electron chi connectivity index (χ0n) is 10.7. The molecule has 5 heteroatoms. The van der Waals surface area contributed by atoms with Crippen LogP contribution in [0.5, 0.6) is 0 Å². The summed E-state index contributed by atoms with van der Waals surface area (Å²) >= 11 is 0. The second kappa shape index (κ2) is 6.93. The zero-order chi connectivity index (χ0) is 12.7. The minimum Gasteiger partial charge on any atom is -0.465 e. The summed E-state index contributed by atoms with van der Waals surface area (Å²) in [5.74, 6) is -0.303. The van der Waals surface area contributed by atoms with Gasteiger partial charge in [-0.05, 0) is 26.2 Å². The first-order chi connectivity index (χ1) is 8.12. The Bertz CT molecular complexity index is 247. The van der Waals surface area contributed by atoms with Crippen molar-refractivity contribution in [1.82, 2.24) is 0 Å². The quantitative estimate of drug-likeness (QED) is 0.532. The molecule has 0 heterocycles. The Morgan fingerprint density at radius 2 is 2.24 bits per heavy atom. The van der Waals surface area contributed by atoms with Gasteiger partial charge in [0.2, 0.25) is 0 Å². The molecule has 0 aromatic carbocycles. The Hall–Kier alpha value is -0.650. The summed E-state index contributed by atoms with van der Waals surface area (Å²) < 4.78 is 15.6. The van der Waals surface area contributed by atoms with Crippen LogP contribution in [0, 0.1) is 0 Å². The lowest BCUT2D eigenvalue weighted by atomic mass is 9.99. The molecule has 0 aromatic heterocycles. The fourth-order valence-corrected chi connectivity index (χ4v) is 2.08. The van der Waals surface area contributed by atoms with Crippen molar-refractivity contribution in [1.29, 1.82) is 0 Å². The van der Waals surface area contributed by atoms with Gasteiger partial charge in [0.1, 0.15) is 5.54 Å². The Balaban J connectivity index is 2.28. The molecule has 0 bridgehead atoms. The fourth-order valence-electron chi connectivity index (χ4n) is 2.08. The van der Waals surface area contributed by atoms with Crippen LogP contribution in [0.1, 0.15) is 32.6 Å². The molecular weight excluding hydrogens is 222 g/mol. The summed E-state index contributed by atoms with van der Waals surface area (Å²) in [6.45, 7) is 3.50. The van der Waals surface area contributed by atoms with Gasteiger partial charge >= 0.3 is 5.97 Å². The lowest BCUT2D eigenvalue weighted by Gasteiger charge is -2.21. The molecule has 1 saturated carbocycles. The largest absolute Gasteiger partial charge is 0.465 e. The van der Waals surface area contributed by atoms with Crippen molar-refractivity contribution in [2.24, 2.45) is 5.73 Å². The van der Waals surface area contributed by atoms with E-state index >= 15 is 0 Å². The third-order valence-corrected chi connectivity index (χ3v) is 3.03. The van der Waals surface area contributed by atoms with Gasteiger partial charge in [0.05, 0.1) is 12.7 Å². The van der Waals surface area contributed by atoms with E-state index in [1.165, 1.54) is 0 Å². The molecule has 1 rings (SSSR count). The van der Waals surface area contributed by atoms with Crippen LogP contribution in [-0.4, -0.2) is 44.5 Å². The maximum absolute atomic E-state index is 11.7. The molecule has 2 unspecified atom stereocenters. The summed E-state index contributed by atoms with van der Waals surface area (Å²) in [5, 5.41) is 0. The number of hydrogen-bond acceptors (Lipinski definition) is 5. The van der Waals surface area contributed by atoms with E-state index in [9.17, 15) is 4.79 Å². The lowest BCUT2D eigenvalue weighted by molar-refractivity contribution is -0.149. The van der Waals surface area contributed by atoms with Crippen molar-refractivity contribution in [3.63, 3.8) is 0 Å². The first-order valence-electron chi connectivity index (χ1n) is 6.19. The van der Waals surface area contributed by atoms with Crippen LogP contribution in [0.3, 0.4) is 0 Å². The van der Waals surface area contributed by atoms with Crippen LogP contribution in [0.2, 0.25) is 0 Å². The molecule has 0 aliphatic heterocycles. The third-order valence-electron chi connectivity index (χ3n) is 3.03. The van der Waals surface area contributed by atoms with E-state index in [-0.39, 0.29) is 12.1 Å². The Kier molecular flexibility index (Phi) is 5.88. The molecule has 0 spiro atoms. The maximum atomic E-state index is 11.7. The Morgan fingerprint density at radius 1 is 1.47 bits per heavy atom. The van der Waals surface area contributed by atoms with Gasteiger partial charge < -0.3 is 19.9 Å². The van der Waals surface area contributed by atoms with Gasteiger partial charge in [0, 0.05) is 26.7 Å². The molecule has 17 heavy (non-hydrogen) atoms. The molecule has 2 atom stereocenters. The summed E-state index contributed by atoms with van der Waals surface area (Å²) in [6, 6.07) is 0. The SMILES string of the molecule is CCOC(=O)C1(N)CCC(OCCCOC)C1. The summed E-state index contributed by atoms with van der Waals surface area (Å²) in [4.78, 5) is 11.7. The van der Waals surface area contributed by atoms with E-state index in [4.69, 9.17) is 19.9 Å². The average Bonchev–Trinajstić information content (AvgIpc) is 2.69. The molecule has 1 aliphatic carbocycles. The second-order valence-corrected chi connectivity index (χ2v) is 4.46. The summed E-state index contributed by atoms with van der Waals surface area (Å²) in [5.41, 5.74) is 5.18. The van der Waals surface area contributed by atoms with Crippen molar-refractivity contribution in [2.45, 2.75) is 44.2 Å².